The van der Waals surface area contributed by atoms with E-state index in [1.165, 1.54) is 18.2 Å². The highest BCUT2D eigenvalue weighted by Crippen LogP contribution is 2.29. The van der Waals surface area contributed by atoms with Crippen LogP contribution in [0.3, 0.4) is 0 Å². The summed E-state index contributed by atoms with van der Waals surface area (Å²) in [5.74, 6) is -0.860. The molecule has 0 spiro atoms. The van der Waals surface area contributed by atoms with Crippen LogP contribution >= 0.6 is 0 Å². The summed E-state index contributed by atoms with van der Waals surface area (Å²) in [6.45, 7) is 5.28. The molecule has 0 saturated heterocycles. The van der Waals surface area contributed by atoms with Crippen molar-refractivity contribution in [3.05, 3.63) is 29.6 Å². The number of nitrogens with zero attached hydrogens (tertiary/aromatic N) is 1. The third-order valence-corrected chi connectivity index (χ3v) is 3.68. The molecule has 5 nitrogen and oxygen atoms in total. The van der Waals surface area contributed by atoms with Crippen LogP contribution in [0.25, 0.3) is 0 Å². The van der Waals surface area contributed by atoms with Crippen molar-refractivity contribution in [2.75, 3.05) is 5.32 Å². The Kier molecular flexibility index (Phi) is 5.07. The molecule has 0 aliphatic heterocycles. The van der Waals surface area contributed by atoms with E-state index in [9.17, 15) is 9.18 Å². The summed E-state index contributed by atoms with van der Waals surface area (Å²) >= 11 is 0. The molecule has 0 aliphatic carbocycles. The summed E-state index contributed by atoms with van der Waals surface area (Å²) in [4.78, 5) is 12.5. The van der Waals surface area contributed by atoms with E-state index >= 15 is 0 Å². The molecule has 0 atom stereocenters. The number of halogens is 1. The molecule has 0 fully saturated rings. The molecule has 6 heteroatoms. The van der Waals surface area contributed by atoms with Gasteiger partial charge in [0.1, 0.15) is 11.2 Å². The molecule has 20 heavy (non-hydrogen) atoms. The van der Waals surface area contributed by atoms with Crippen LogP contribution < -0.4 is 11.1 Å². The molecule has 0 radical (unpaired) electrons. The fourth-order valence-electron chi connectivity index (χ4n) is 2.15. The Morgan fingerprint density at radius 1 is 1.45 bits per heavy atom. The average molecular weight is 281 g/mol. The van der Waals surface area contributed by atoms with Crippen molar-refractivity contribution in [3.8, 4) is 0 Å². The van der Waals surface area contributed by atoms with E-state index in [1.807, 2.05) is 0 Å². The van der Waals surface area contributed by atoms with Gasteiger partial charge in [0, 0.05) is 5.69 Å². The van der Waals surface area contributed by atoms with Crippen LogP contribution in [0.2, 0.25) is 0 Å². The minimum Gasteiger partial charge on any atom is -0.409 e. The lowest BCUT2D eigenvalue weighted by Crippen LogP contribution is -2.46. The molecule has 0 saturated carbocycles. The summed E-state index contributed by atoms with van der Waals surface area (Å²) in [5, 5.41) is 14.6. The number of amidine groups is 1. The van der Waals surface area contributed by atoms with Gasteiger partial charge in [0.05, 0.1) is 0 Å². The minimum atomic E-state index is -1.07. The van der Waals surface area contributed by atoms with Gasteiger partial charge in [0.2, 0.25) is 5.91 Å². The van der Waals surface area contributed by atoms with E-state index in [1.54, 1.807) is 20.8 Å². The van der Waals surface area contributed by atoms with E-state index in [0.29, 0.717) is 24.1 Å². The Labute approximate surface area is 117 Å². The van der Waals surface area contributed by atoms with Crippen LogP contribution in [-0.4, -0.2) is 17.0 Å². The molecule has 0 aromatic heterocycles. The molecule has 110 valence electrons. The number of hydrogen-bond acceptors (Lipinski definition) is 3. The highest BCUT2D eigenvalue weighted by molar-refractivity contribution is 6.11. The lowest BCUT2D eigenvalue weighted by atomic mass is 9.80. The van der Waals surface area contributed by atoms with Gasteiger partial charge >= 0.3 is 0 Å². The fourth-order valence-corrected chi connectivity index (χ4v) is 2.15. The highest BCUT2D eigenvalue weighted by Gasteiger charge is 2.39. The van der Waals surface area contributed by atoms with Gasteiger partial charge in [0.15, 0.2) is 5.84 Å². The third kappa shape index (κ3) is 2.89. The first-order valence-corrected chi connectivity index (χ1v) is 6.46. The van der Waals surface area contributed by atoms with Crippen LogP contribution in [0.4, 0.5) is 10.1 Å². The summed E-state index contributed by atoms with van der Waals surface area (Å²) in [7, 11) is 0. The molecule has 4 N–H and O–H groups in total. The topological polar surface area (TPSA) is 87.7 Å². The zero-order valence-electron chi connectivity index (χ0n) is 11.9. The maximum Gasteiger partial charge on any atom is 0.238 e. The maximum absolute atomic E-state index is 13.0. The van der Waals surface area contributed by atoms with Crippen molar-refractivity contribution < 1.29 is 14.4 Å². The molecule has 0 aliphatic rings. The van der Waals surface area contributed by atoms with E-state index in [0.717, 1.165) is 0 Å². The Hall–Kier alpha value is -2.11. The van der Waals surface area contributed by atoms with Gasteiger partial charge in [-0.1, -0.05) is 19.0 Å². The molecule has 0 bridgehead atoms. The zero-order chi connectivity index (χ0) is 15.3. The van der Waals surface area contributed by atoms with Gasteiger partial charge in [-0.15, -0.1) is 0 Å². The van der Waals surface area contributed by atoms with Crippen LogP contribution in [0.1, 0.15) is 32.3 Å². The van der Waals surface area contributed by atoms with Gasteiger partial charge in [-0.05, 0) is 43.5 Å². The van der Waals surface area contributed by atoms with Crippen molar-refractivity contribution in [1.29, 1.82) is 0 Å². The number of carbonyl (C=O) groups is 1. The maximum atomic E-state index is 13.0. The molecule has 1 rings (SSSR count). The van der Waals surface area contributed by atoms with Crippen LogP contribution in [0.15, 0.2) is 23.4 Å². The molecule has 1 amide bonds. The Morgan fingerprint density at radius 2 is 2.05 bits per heavy atom. The van der Waals surface area contributed by atoms with Gasteiger partial charge < -0.3 is 16.3 Å². The largest absolute Gasteiger partial charge is 0.409 e. The lowest BCUT2D eigenvalue weighted by Gasteiger charge is -2.28. The number of nitrogens with one attached hydrogen (secondary N) is 1. The second-order valence-electron chi connectivity index (χ2n) is 4.69. The monoisotopic (exact) mass is 281 g/mol. The number of rotatable bonds is 5. The van der Waals surface area contributed by atoms with Crippen LogP contribution in [-0.2, 0) is 4.79 Å². The Morgan fingerprint density at radius 3 is 2.50 bits per heavy atom. The average Bonchev–Trinajstić information content (AvgIpc) is 2.43. The van der Waals surface area contributed by atoms with Crippen molar-refractivity contribution in [2.45, 2.75) is 33.6 Å². The van der Waals surface area contributed by atoms with E-state index in [-0.39, 0.29) is 17.6 Å². The number of nitrogens with two attached hydrogens (primary N) is 1. The highest BCUT2D eigenvalue weighted by atomic mass is 19.1. The second kappa shape index (κ2) is 6.36. The van der Waals surface area contributed by atoms with Crippen molar-refractivity contribution in [3.63, 3.8) is 0 Å². The zero-order valence-corrected chi connectivity index (χ0v) is 11.9. The first-order valence-electron chi connectivity index (χ1n) is 6.46. The van der Waals surface area contributed by atoms with Crippen LogP contribution in [0, 0.1) is 18.2 Å². The standard InChI is InChI=1S/C14H20FN3O2/c1-4-14(5-2,12(16)18-20)13(19)17-11-7-6-10(15)8-9(11)3/h6-8,20H,4-5H2,1-3H3,(H2,16,18)(H,17,19). The molecule has 1 aromatic carbocycles. The number of benzene rings is 1. The number of oxime groups is 1. The smallest absolute Gasteiger partial charge is 0.238 e. The summed E-state index contributed by atoms with van der Waals surface area (Å²) in [6.07, 6.45) is 0.789. The number of carbonyl (C=O) groups excluding carboxylic acids is 1. The first kappa shape index (κ1) is 15.9. The molecule has 1 aromatic rings. The fraction of sp³-hybridized carbons (Fsp3) is 0.429. The Bertz CT molecular complexity index is 525. The first-order chi connectivity index (χ1) is 9.41. The third-order valence-electron chi connectivity index (χ3n) is 3.68. The number of anilines is 1. The second-order valence-corrected chi connectivity index (χ2v) is 4.69. The number of amides is 1. The normalized spacial score (nSPS) is 12.3. The van der Waals surface area contributed by atoms with Gasteiger partial charge in [-0.2, -0.15) is 0 Å². The predicted molar refractivity (Wildman–Crippen MR) is 76.2 cm³/mol. The molecule has 0 heterocycles. The molecule has 0 unspecified atom stereocenters. The quantitative estimate of drug-likeness (QED) is 0.335. The van der Waals surface area contributed by atoms with Crippen molar-refractivity contribution in [1.82, 2.24) is 0 Å². The summed E-state index contributed by atoms with van der Waals surface area (Å²) in [6, 6.07) is 4.09. The molecular formula is C14H20FN3O2. The number of aryl methyl sites for hydroxylation is 1. The van der Waals surface area contributed by atoms with Gasteiger partial charge in [-0.25, -0.2) is 4.39 Å². The van der Waals surface area contributed by atoms with Gasteiger partial charge in [0.25, 0.3) is 0 Å². The van der Waals surface area contributed by atoms with Crippen molar-refractivity contribution in [2.24, 2.45) is 16.3 Å². The van der Waals surface area contributed by atoms with Crippen LogP contribution in [0.5, 0.6) is 0 Å². The predicted octanol–water partition coefficient (Wildman–Crippen LogP) is 2.63. The molecular weight excluding hydrogens is 261 g/mol. The Balaban J connectivity index is 3.09. The summed E-state index contributed by atoms with van der Waals surface area (Å²) < 4.78 is 13.0. The minimum absolute atomic E-state index is 0.125. The van der Waals surface area contributed by atoms with E-state index in [2.05, 4.69) is 10.5 Å². The van der Waals surface area contributed by atoms with Crippen molar-refractivity contribution >= 4 is 17.4 Å². The summed E-state index contributed by atoms with van der Waals surface area (Å²) in [5.41, 5.74) is 5.71. The number of hydrogen-bond donors (Lipinski definition) is 3. The SMILES string of the molecule is CCC(CC)(C(=O)Nc1ccc(F)cc1C)C(N)=NO. The van der Waals surface area contributed by atoms with E-state index in [4.69, 9.17) is 10.9 Å². The van der Waals surface area contributed by atoms with E-state index < -0.39 is 5.41 Å². The lowest BCUT2D eigenvalue weighted by molar-refractivity contribution is -0.122. The van der Waals surface area contributed by atoms with Gasteiger partial charge in [-0.3, -0.25) is 4.79 Å².